The molecular formula is C29H34N8O3. The van der Waals surface area contributed by atoms with Gasteiger partial charge in [-0.05, 0) is 50.9 Å². The first kappa shape index (κ1) is 24.1. The lowest BCUT2D eigenvalue weighted by molar-refractivity contribution is -0.348. The molecular weight excluding hydrogens is 508 g/mol. The fraction of sp³-hybridized carbons (Fsp3) is 0.552. The largest absolute Gasteiger partial charge is 0.440 e. The van der Waals surface area contributed by atoms with Crippen LogP contribution < -0.4 is 10.2 Å². The lowest BCUT2D eigenvalue weighted by Gasteiger charge is -2.81. The van der Waals surface area contributed by atoms with Gasteiger partial charge in [0.05, 0.1) is 18.4 Å². The number of anilines is 3. The molecule has 0 bridgehead atoms. The molecule has 4 unspecified atom stereocenters. The summed E-state index contributed by atoms with van der Waals surface area (Å²) in [5, 5.41) is 4.05. The summed E-state index contributed by atoms with van der Waals surface area (Å²) in [7, 11) is 5.74. The quantitative estimate of drug-likeness (QED) is 0.516. The van der Waals surface area contributed by atoms with Gasteiger partial charge in [0.15, 0.2) is 0 Å². The van der Waals surface area contributed by atoms with Crippen LogP contribution >= 0.6 is 0 Å². The van der Waals surface area contributed by atoms with Crippen LogP contribution in [0, 0.1) is 5.41 Å². The Hall–Kier alpha value is -3.73. The molecule has 11 heteroatoms. The summed E-state index contributed by atoms with van der Waals surface area (Å²) >= 11 is 0. The molecule has 40 heavy (non-hydrogen) atoms. The number of piperidine rings is 2. The number of rotatable bonds is 5. The topological polar surface area (TPSA) is 109 Å². The van der Waals surface area contributed by atoms with E-state index in [1.165, 1.54) is 6.42 Å². The molecule has 3 saturated carbocycles. The highest BCUT2D eigenvalue weighted by Gasteiger charge is 2.84. The van der Waals surface area contributed by atoms with Crippen LogP contribution in [0.1, 0.15) is 61.5 Å². The van der Waals surface area contributed by atoms with E-state index in [0.717, 1.165) is 55.2 Å². The molecule has 5 fully saturated rings. The molecule has 2 spiro atoms. The number of hydrogen-bond acceptors (Lipinski definition) is 8. The van der Waals surface area contributed by atoms with Gasteiger partial charge in [0, 0.05) is 55.6 Å². The first-order valence-corrected chi connectivity index (χ1v) is 14.4. The summed E-state index contributed by atoms with van der Waals surface area (Å²) in [6.07, 6.45) is 10.8. The number of hydrogen-bond donors (Lipinski definition) is 1. The smallest absolute Gasteiger partial charge is 0.415 e. The monoisotopic (exact) mass is 542 g/mol. The molecule has 0 radical (unpaired) electrons. The van der Waals surface area contributed by atoms with Crippen LogP contribution in [0.15, 0.2) is 30.6 Å². The second-order valence-corrected chi connectivity index (χ2v) is 12.5. The normalized spacial score (nSPS) is 30.9. The number of ether oxygens (including phenoxy) is 1. The molecule has 2 saturated heterocycles. The van der Waals surface area contributed by atoms with E-state index in [-0.39, 0.29) is 29.1 Å². The number of aromatic nitrogens is 4. The number of nitrogens with zero attached hydrogens (tertiary/aromatic N) is 7. The number of nitrogens with one attached hydrogen (secondary N) is 1. The van der Waals surface area contributed by atoms with Crippen molar-refractivity contribution in [2.75, 3.05) is 37.9 Å². The standard InChI is InChI=1S/C29H34N8O3/c1-34(2)25(38)20-12-17-14-31-26(33-24(17)37(20)18-6-4-5-7-18)32-23-9-8-19(15-30-23)36-16-28(40-27(36)39)13-22-29(28)11-10-21(29)35(22)3/h8-9,12,14-15,18,21-22H,4-7,10-11,13,16H2,1-3H3,(H,30,31,32,33). The number of carbonyl (C=O) groups excluding carboxylic acids is 2. The minimum absolute atomic E-state index is 0.0342. The zero-order valence-electron chi connectivity index (χ0n) is 23.1. The number of amides is 2. The number of carbonyl (C=O) groups is 2. The van der Waals surface area contributed by atoms with E-state index < -0.39 is 0 Å². The van der Waals surface area contributed by atoms with Crippen molar-refractivity contribution in [1.82, 2.24) is 29.3 Å². The van der Waals surface area contributed by atoms with Crippen LogP contribution in [0.3, 0.4) is 0 Å². The first-order valence-electron chi connectivity index (χ1n) is 14.4. The molecule has 11 nitrogen and oxygen atoms in total. The Morgan fingerprint density at radius 3 is 2.62 bits per heavy atom. The van der Waals surface area contributed by atoms with E-state index in [1.807, 2.05) is 18.2 Å². The van der Waals surface area contributed by atoms with E-state index in [2.05, 4.69) is 31.8 Å². The van der Waals surface area contributed by atoms with Gasteiger partial charge < -0.3 is 19.5 Å². The van der Waals surface area contributed by atoms with E-state index in [4.69, 9.17) is 9.72 Å². The SMILES string of the molecule is CN(C)C(=O)c1cc2cnc(Nc3ccc(N4CC5(CC6N(C)C7CCC765)OC4=O)cn3)nc2n1C1CCCC1. The van der Waals surface area contributed by atoms with Gasteiger partial charge in [-0.3, -0.25) is 14.6 Å². The van der Waals surface area contributed by atoms with Crippen molar-refractivity contribution in [2.24, 2.45) is 5.41 Å². The summed E-state index contributed by atoms with van der Waals surface area (Å²) < 4.78 is 8.18. The van der Waals surface area contributed by atoms with Gasteiger partial charge in [0.25, 0.3) is 5.91 Å². The fourth-order valence-electron chi connectivity index (χ4n) is 8.42. The molecule has 8 rings (SSSR count). The van der Waals surface area contributed by atoms with Gasteiger partial charge in [-0.2, -0.15) is 4.98 Å². The number of fused-ring (bicyclic) bond motifs is 1. The Morgan fingerprint density at radius 2 is 1.95 bits per heavy atom. The molecule has 5 aliphatic rings. The average molecular weight is 543 g/mol. The van der Waals surface area contributed by atoms with E-state index in [0.29, 0.717) is 36.1 Å². The van der Waals surface area contributed by atoms with Crippen LogP contribution in [0.25, 0.3) is 11.0 Å². The molecule has 5 heterocycles. The summed E-state index contributed by atoms with van der Waals surface area (Å²) in [5.41, 5.74) is 1.94. The van der Waals surface area contributed by atoms with Crippen molar-refractivity contribution in [3.8, 4) is 0 Å². The van der Waals surface area contributed by atoms with Crippen LogP contribution in [-0.4, -0.2) is 86.7 Å². The Kier molecular flexibility index (Phi) is 4.91. The average Bonchev–Trinajstić information content (AvgIpc) is 3.64. The molecule has 4 atom stereocenters. The van der Waals surface area contributed by atoms with Crippen LogP contribution in [-0.2, 0) is 4.74 Å². The van der Waals surface area contributed by atoms with E-state index in [1.54, 1.807) is 36.3 Å². The molecule has 1 N–H and O–H groups in total. The fourth-order valence-corrected chi connectivity index (χ4v) is 8.42. The Bertz CT molecular complexity index is 1540. The minimum atomic E-state index is -0.356. The van der Waals surface area contributed by atoms with Crippen molar-refractivity contribution >= 4 is 40.5 Å². The van der Waals surface area contributed by atoms with Gasteiger partial charge in [0.1, 0.15) is 22.8 Å². The zero-order chi connectivity index (χ0) is 27.4. The highest BCUT2D eigenvalue weighted by molar-refractivity contribution is 5.98. The molecule has 208 valence electrons. The van der Waals surface area contributed by atoms with Gasteiger partial charge >= 0.3 is 6.09 Å². The second kappa shape index (κ2) is 8.15. The summed E-state index contributed by atoms with van der Waals surface area (Å²) in [6, 6.07) is 6.97. The van der Waals surface area contributed by atoms with Gasteiger partial charge in [-0.1, -0.05) is 12.8 Å². The Morgan fingerprint density at radius 1 is 1.12 bits per heavy atom. The molecule has 0 aromatic carbocycles. The van der Waals surface area contributed by atoms with Crippen molar-refractivity contribution in [3.63, 3.8) is 0 Å². The second-order valence-electron chi connectivity index (χ2n) is 12.5. The van der Waals surface area contributed by atoms with Gasteiger partial charge in [-0.25, -0.2) is 14.8 Å². The third kappa shape index (κ3) is 3.01. The lowest BCUT2D eigenvalue weighted by Crippen LogP contribution is -2.91. The third-order valence-corrected chi connectivity index (χ3v) is 10.5. The lowest BCUT2D eigenvalue weighted by atomic mass is 9.36. The van der Waals surface area contributed by atoms with E-state index in [9.17, 15) is 9.59 Å². The maximum atomic E-state index is 13.0. The predicted molar refractivity (Wildman–Crippen MR) is 149 cm³/mol. The van der Waals surface area contributed by atoms with Crippen molar-refractivity contribution in [3.05, 3.63) is 36.3 Å². The zero-order valence-corrected chi connectivity index (χ0v) is 23.1. The predicted octanol–water partition coefficient (Wildman–Crippen LogP) is 3.95. The van der Waals surface area contributed by atoms with Crippen LogP contribution in [0.2, 0.25) is 0 Å². The van der Waals surface area contributed by atoms with Crippen molar-refractivity contribution < 1.29 is 14.3 Å². The summed E-state index contributed by atoms with van der Waals surface area (Å²) in [4.78, 5) is 45.6. The van der Waals surface area contributed by atoms with Gasteiger partial charge in [0.2, 0.25) is 5.95 Å². The number of pyridine rings is 1. The van der Waals surface area contributed by atoms with Gasteiger partial charge in [-0.15, -0.1) is 0 Å². The highest BCUT2D eigenvalue weighted by Crippen LogP contribution is 2.74. The van der Waals surface area contributed by atoms with Crippen LogP contribution in [0.5, 0.6) is 0 Å². The van der Waals surface area contributed by atoms with Crippen LogP contribution in [0.4, 0.5) is 22.2 Å². The summed E-state index contributed by atoms with van der Waals surface area (Å²) in [5.74, 6) is 0.960. The molecule has 2 amide bonds. The molecule has 3 aromatic heterocycles. The van der Waals surface area contributed by atoms with E-state index >= 15 is 0 Å². The number of likely N-dealkylation sites (tertiary alicyclic amines) is 1. The van der Waals surface area contributed by atoms with Crippen molar-refractivity contribution in [2.45, 2.75) is 68.7 Å². The molecule has 3 aromatic rings. The highest BCUT2D eigenvalue weighted by atomic mass is 16.6. The summed E-state index contributed by atoms with van der Waals surface area (Å²) in [6.45, 7) is 0.590. The maximum absolute atomic E-state index is 13.0. The third-order valence-electron chi connectivity index (χ3n) is 10.5. The molecule has 2 aliphatic heterocycles. The maximum Gasteiger partial charge on any atom is 0.415 e. The first-order chi connectivity index (χ1) is 19.3. The minimum Gasteiger partial charge on any atom is -0.440 e. The Labute approximate surface area is 232 Å². The van der Waals surface area contributed by atoms with Crippen molar-refractivity contribution in [1.29, 1.82) is 0 Å². The molecule has 3 aliphatic carbocycles. The Balaban J connectivity index is 1.03.